The monoisotopic (exact) mass is 374 g/mol. The normalized spacial score (nSPS) is 22.4. The minimum atomic E-state index is -2.90. The van der Waals surface area contributed by atoms with Crippen molar-refractivity contribution in [3.05, 3.63) is 34.3 Å². The fourth-order valence-electron chi connectivity index (χ4n) is 2.85. The van der Waals surface area contributed by atoms with Gasteiger partial charge in [0.05, 0.1) is 11.5 Å². The second-order valence-electron chi connectivity index (χ2n) is 5.61. The van der Waals surface area contributed by atoms with E-state index in [0.29, 0.717) is 13.0 Å². The van der Waals surface area contributed by atoms with Crippen LogP contribution in [0.3, 0.4) is 0 Å². The molecule has 1 aliphatic heterocycles. The first kappa shape index (κ1) is 16.9. The molecule has 1 aromatic carbocycles. The third-order valence-electron chi connectivity index (χ3n) is 4.07. The maximum absolute atomic E-state index is 11.8. The van der Waals surface area contributed by atoms with Crippen molar-refractivity contribution in [2.75, 3.05) is 24.6 Å². The van der Waals surface area contributed by atoms with Crippen molar-refractivity contribution in [3.8, 4) is 0 Å². The molecule has 0 saturated carbocycles. The Labute approximate surface area is 135 Å². The molecule has 1 aliphatic rings. The Bertz CT molecular complexity index is 560. The van der Waals surface area contributed by atoms with Gasteiger partial charge in [-0.3, -0.25) is 4.90 Å². The molecular weight excluding hydrogens is 352 g/mol. The average molecular weight is 375 g/mol. The summed E-state index contributed by atoms with van der Waals surface area (Å²) >= 11 is 3.45. The second kappa shape index (κ2) is 7.22. The Balaban J connectivity index is 2.25. The van der Waals surface area contributed by atoms with Crippen LogP contribution in [0.25, 0.3) is 0 Å². The Hall–Kier alpha value is -0.430. The summed E-state index contributed by atoms with van der Waals surface area (Å²) < 4.78 is 24.6. The van der Waals surface area contributed by atoms with Crippen LogP contribution >= 0.6 is 15.9 Å². The standard InChI is InChI=1S/C15H23BrN2O2S/c1-2-14(17)15(12-4-6-13(16)7-5-12)18-8-3-10-21(19,20)11-9-18/h4-7,14-15H,2-3,8-11,17H2,1H3. The van der Waals surface area contributed by atoms with E-state index in [1.165, 1.54) is 0 Å². The molecule has 6 heteroatoms. The molecule has 0 bridgehead atoms. The van der Waals surface area contributed by atoms with Gasteiger partial charge in [0, 0.05) is 23.1 Å². The van der Waals surface area contributed by atoms with Gasteiger partial charge in [0.2, 0.25) is 0 Å². The van der Waals surface area contributed by atoms with E-state index in [-0.39, 0.29) is 23.6 Å². The molecule has 0 spiro atoms. The third-order valence-corrected chi connectivity index (χ3v) is 6.32. The lowest BCUT2D eigenvalue weighted by Crippen LogP contribution is -2.42. The molecule has 2 N–H and O–H groups in total. The van der Waals surface area contributed by atoms with Gasteiger partial charge >= 0.3 is 0 Å². The van der Waals surface area contributed by atoms with E-state index in [4.69, 9.17) is 5.73 Å². The van der Waals surface area contributed by atoms with Crippen LogP contribution in [-0.2, 0) is 9.84 Å². The first-order valence-corrected chi connectivity index (χ1v) is 10.00. The number of nitrogens with two attached hydrogens (primary N) is 1. The Morgan fingerprint density at radius 2 is 1.90 bits per heavy atom. The van der Waals surface area contributed by atoms with Crippen LogP contribution in [0.4, 0.5) is 0 Å². The topological polar surface area (TPSA) is 63.4 Å². The second-order valence-corrected chi connectivity index (χ2v) is 8.83. The Kier molecular flexibility index (Phi) is 5.82. The van der Waals surface area contributed by atoms with E-state index in [9.17, 15) is 8.42 Å². The van der Waals surface area contributed by atoms with Gasteiger partial charge in [-0.25, -0.2) is 8.42 Å². The number of hydrogen-bond acceptors (Lipinski definition) is 4. The van der Waals surface area contributed by atoms with Gasteiger partial charge in [-0.2, -0.15) is 0 Å². The van der Waals surface area contributed by atoms with Crippen molar-refractivity contribution < 1.29 is 8.42 Å². The van der Waals surface area contributed by atoms with Gasteiger partial charge in [-0.05, 0) is 37.1 Å². The van der Waals surface area contributed by atoms with Gasteiger partial charge in [-0.15, -0.1) is 0 Å². The summed E-state index contributed by atoms with van der Waals surface area (Å²) in [5.74, 6) is 0.522. The maximum Gasteiger partial charge on any atom is 0.151 e. The molecule has 1 fully saturated rings. The quantitative estimate of drug-likeness (QED) is 0.878. The van der Waals surface area contributed by atoms with Crippen LogP contribution in [0, 0.1) is 0 Å². The molecule has 2 rings (SSSR count). The molecule has 0 radical (unpaired) electrons. The number of sulfone groups is 1. The first-order valence-electron chi connectivity index (χ1n) is 7.38. The van der Waals surface area contributed by atoms with Crippen LogP contribution in [0.15, 0.2) is 28.7 Å². The molecule has 0 aliphatic carbocycles. The van der Waals surface area contributed by atoms with Crippen molar-refractivity contribution >= 4 is 25.8 Å². The van der Waals surface area contributed by atoms with Crippen molar-refractivity contribution in [1.29, 1.82) is 0 Å². The summed E-state index contributed by atoms with van der Waals surface area (Å²) in [7, 11) is -2.90. The van der Waals surface area contributed by atoms with Gasteiger partial charge < -0.3 is 5.73 Å². The highest BCUT2D eigenvalue weighted by Crippen LogP contribution is 2.27. The summed E-state index contributed by atoms with van der Waals surface area (Å²) in [4.78, 5) is 2.24. The number of halogens is 1. The predicted molar refractivity (Wildman–Crippen MR) is 90.0 cm³/mol. The zero-order chi connectivity index (χ0) is 15.5. The number of benzene rings is 1. The zero-order valence-electron chi connectivity index (χ0n) is 12.3. The minimum Gasteiger partial charge on any atom is -0.326 e. The minimum absolute atomic E-state index is 0.00646. The average Bonchev–Trinajstić information content (AvgIpc) is 2.62. The molecule has 0 aromatic heterocycles. The van der Waals surface area contributed by atoms with Gasteiger partial charge in [0.1, 0.15) is 0 Å². The summed E-state index contributed by atoms with van der Waals surface area (Å²) in [5, 5.41) is 0. The molecule has 118 valence electrons. The summed E-state index contributed by atoms with van der Waals surface area (Å²) in [6.07, 6.45) is 1.55. The third kappa shape index (κ3) is 4.52. The molecule has 0 amide bonds. The number of hydrogen-bond donors (Lipinski definition) is 1. The number of nitrogens with zero attached hydrogens (tertiary/aromatic N) is 1. The molecule has 2 unspecified atom stereocenters. The van der Waals surface area contributed by atoms with Crippen molar-refractivity contribution in [2.24, 2.45) is 5.73 Å². The van der Waals surface area contributed by atoms with Crippen LogP contribution in [0.1, 0.15) is 31.4 Å². The molecule has 2 atom stereocenters. The predicted octanol–water partition coefficient (Wildman–Crippen LogP) is 2.35. The first-order chi connectivity index (χ1) is 9.93. The molecule has 1 aromatic rings. The van der Waals surface area contributed by atoms with Gasteiger partial charge in [-0.1, -0.05) is 35.0 Å². The number of rotatable bonds is 4. The van der Waals surface area contributed by atoms with E-state index < -0.39 is 9.84 Å². The fourth-order valence-corrected chi connectivity index (χ4v) is 4.40. The van der Waals surface area contributed by atoms with E-state index >= 15 is 0 Å². The lowest BCUT2D eigenvalue weighted by molar-refractivity contribution is 0.182. The smallest absolute Gasteiger partial charge is 0.151 e. The van der Waals surface area contributed by atoms with Crippen LogP contribution in [-0.4, -0.2) is 44.0 Å². The zero-order valence-corrected chi connectivity index (χ0v) is 14.7. The Morgan fingerprint density at radius 1 is 1.24 bits per heavy atom. The van der Waals surface area contributed by atoms with Crippen LogP contribution in [0.5, 0.6) is 0 Å². The molecule has 1 saturated heterocycles. The largest absolute Gasteiger partial charge is 0.326 e. The SMILES string of the molecule is CCC(N)C(c1ccc(Br)cc1)N1CCCS(=O)(=O)CC1. The maximum atomic E-state index is 11.8. The van der Waals surface area contributed by atoms with Gasteiger partial charge in [0.15, 0.2) is 9.84 Å². The molecule has 4 nitrogen and oxygen atoms in total. The van der Waals surface area contributed by atoms with Gasteiger partial charge in [0.25, 0.3) is 0 Å². The summed E-state index contributed by atoms with van der Waals surface area (Å²) in [6.45, 7) is 3.43. The lowest BCUT2D eigenvalue weighted by atomic mass is 9.96. The fraction of sp³-hybridized carbons (Fsp3) is 0.600. The summed E-state index contributed by atoms with van der Waals surface area (Å²) in [5.41, 5.74) is 7.49. The molecular formula is C15H23BrN2O2S. The van der Waals surface area contributed by atoms with E-state index in [0.717, 1.165) is 23.0 Å². The van der Waals surface area contributed by atoms with E-state index in [1.54, 1.807) is 0 Å². The van der Waals surface area contributed by atoms with Crippen molar-refractivity contribution in [1.82, 2.24) is 4.90 Å². The molecule has 21 heavy (non-hydrogen) atoms. The van der Waals surface area contributed by atoms with Crippen LogP contribution in [0.2, 0.25) is 0 Å². The highest BCUT2D eigenvalue weighted by Gasteiger charge is 2.29. The van der Waals surface area contributed by atoms with Crippen LogP contribution < -0.4 is 5.73 Å². The summed E-state index contributed by atoms with van der Waals surface area (Å²) in [6, 6.07) is 8.26. The molecule has 1 heterocycles. The Morgan fingerprint density at radius 3 is 2.52 bits per heavy atom. The van der Waals surface area contributed by atoms with E-state index in [1.807, 2.05) is 12.1 Å². The highest BCUT2D eigenvalue weighted by atomic mass is 79.9. The lowest BCUT2D eigenvalue weighted by Gasteiger charge is -2.34. The highest BCUT2D eigenvalue weighted by molar-refractivity contribution is 9.10. The van der Waals surface area contributed by atoms with E-state index in [2.05, 4.69) is 39.9 Å². The van der Waals surface area contributed by atoms with Crippen molar-refractivity contribution in [2.45, 2.75) is 31.8 Å². The van der Waals surface area contributed by atoms with Crippen molar-refractivity contribution in [3.63, 3.8) is 0 Å².